The van der Waals surface area contributed by atoms with Gasteiger partial charge >= 0.3 is 0 Å². The number of hydrogen-bond donors (Lipinski definition) is 1. The van der Waals surface area contributed by atoms with E-state index >= 15 is 0 Å². The van der Waals surface area contributed by atoms with Gasteiger partial charge in [-0.3, -0.25) is 19.3 Å². The predicted octanol–water partition coefficient (Wildman–Crippen LogP) is 0.922. The Morgan fingerprint density at radius 2 is 1.66 bits per heavy atom. The first-order valence-corrected chi connectivity index (χ1v) is 10.1. The van der Waals surface area contributed by atoms with Crippen molar-refractivity contribution in [1.29, 1.82) is 0 Å². The average molecular weight is 392 g/mol. The number of rotatable bonds is 5. The fourth-order valence-electron chi connectivity index (χ4n) is 4.24. The summed E-state index contributed by atoms with van der Waals surface area (Å²) in [6, 6.07) is 17.1. The van der Waals surface area contributed by atoms with Gasteiger partial charge in [0.1, 0.15) is 0 Å². The molecule has 0 saturated carbocycles. The van der Waals surface area contributed by atoms with E-state index in [4.69, 9.17) is 0 Å². The number of Topliss-reactive ketones (excluding diaryl/α,β-unsaturated/α-hetero) is 1. The number of likely N-dealkylation sites (tertiary alicyclic amines) is 1. The molecule has 6 heteroatoms. The molecule has 0 bridgehead atoms. The smallest absolute Gasteiger partial charge is 0.288 e. The van der Waals surface area contributed by atoms with Crippen molar-refractivity contribution < 1.29 is 19.3 Å². The molecule has 0 radical (unpaired) electrons. The van der Waals surface area contributed by atoms with Crippen LogP contribution in [0.5, 0.6) is 0 Å². The molecule has 29 heavy (non-hydrogen) atoms. The minimum Gasteiger partial charge on any atom is -0.360 e. The third-order valence-corrected chi connectivity index (χ3v) is 5.96. The number of nitrogens with zero attached hydrogens (tertiary/aromatic N) is 2. The number of hydrogen-bond acceptors (Lipinski definition) is 4. The molecule has 0 aliphatic carbocycles. The molecular weight excluding hydrogens is 366 g/mol. The molecule has 2 heterocycles. The van der Waals surface area contributed by atoms with Crippen molar-refractivity contribution in [1.82, 2.24) is 4.90 Å². The largest absolute Gasteiger partial charge is 0.360 e. The highest BCUT2D eigenvalue weighted by atomic mass is 16.2. The van der Waals surface area contributed by atoms with Crippen LogP contribution in [0.3, 0.4) is 0 Å². The second kappa shape index (κ2) is 8.17. The molecule has 6 nitrogen and oxygen atoms in total. The molecule has 0 unspecified atom stereocenters. The molecule has 2 fully saturated rings. The maximum Gasteiger partial charge on any atom is 0.288 e. The number of amides is 2. The second-order valence-corrected chi connectivity index (χ2v) is 7.81. The maximum atomic E-state index is 12.9. The Morgan fingerprint density at radius 3 is 2.28 bits per heavy atom. The summed E-state index contributed by atoms with van der Waals surface area (Å²) >= 11 is 0. The van der Waals surface area contributed by atoms with Crippen LogP contribution in [0, 0.1) is 0 Å². The van der Waals surface area contributed by atoms with Crippen LogP contribution in [0.4, 0.5) is 5.69 Å². The van der Waals surface area contributed by atoms with E-state index in [1.165, 1.54) is 9.80 Å². The fourth-order valence-corrected chi connectivity index (χ4v) is 4.24. The summed E-state index contributed by atoms with van der Waals surface area (Å²) in [6.07, 6.45) is 0.300. The van der Waals surface area contributed by atoms with E-state index in [0.717, 1.165) is 37.4 Å². The minimum atomic E-state index is -0.270. The molecule has 1 N–H and O–H groups in total. The maximum absolute atomic E-state index is 12.9. The van der Waals surface area contributed by atoms with E-state index < -0.39 is 0 Å². The van der Waals surface area contributed by atoms with Crippen molar-refractivity contribution in [2.45, 2.75) is 25.9 Å². The van der Waals surface area contributed by atoms with Gasteiger partial charge in [-0.25, -0.2) is 0 Å². The van der Waals surface area contributed by atoms with E-state index in [2.05, 4.69) is 4.90 Å². The number of carbonyl (C=O) groups excluding carboxylic acids is 3. The van der Waals surface area contributed by atoms with Gasteiger partial charge in [-0.15, -0.1) is 0 Å². The molecular formula is C23H26N3O3+. The van der Waals surface area contributed by atoms with Crippen LogP contribution in [-0.2, 0) is 16.1 Å². The Balaban J connectivity index is 1.36. The quantitative estimate of drug-likeness (QED) is 0.607. The highest BCUT2D eigenvalue weighted by Crippen LogP contribution is 2.18. The number of carbonyl (C=O) groups is 3. The number of ketones is 1. The SMILES string of the molecule is CC(=O)c1ccc(N2CC[NH+]([C@@H]3CC(=O)N(Cc4ccccc4)C3=O)CC2)cc1. The first kappa shape index (κ1) is 19.3. The Morgan fingerprint density at radius 1 is 1.00 bits per heavy atom. The number of imide groups is 1. The zero-order chi connectivity index (χ0) is 20.4. The van der Waals surface area contributed by atoms with Gasteiger partial charge in [0.2, 0.25) is 5.91 Å². The van der Waals surface area contributed by atoms with E-state index in [0.29, 0.717) is 18.5 Å². The van der Waals surface area contributed by atoms with Gasteiger partial charge in [-0.1, -0.05) is 30.3 Å². The van der Waals surface area contributed by atoms with Crippen LogP contribution in [0.2, 0.25) is 0 Å². The summed E-state index contributed by atoms with van der Waals surface area (Å²) in [4.78, 5) is 41.7. The lowest BCUT2D eigenvalue weighted by Crippen LogP contribution is -3.19. The average Bonchev–Trinajstić information content (AvgIpc) is 3.03. The first-order valence-electron chi connectivity index (χ1n) is 10.1. The number of anilines is 1. The van der Waals surface area contributed by atoms with Gasteiger partial charge in [0, 0.05) is 11.3 Å². The Hall–Kier alpha value is -2.99. The van der Waals surface area contributed by atoms with Crippen LogP contribution in [-0.4, -0.2) is 54.7 Å². The van der Waals surface area contributed by atoms with Crippen molar-refractivity contribution >= 4 is 23.3 Å². The van der Waals surface area contributed by atoms with Crippen molar-refractivity contribution in [2.75, 3.05) is 31.1 Å². The second-order valence-electron chi connectivity index (χ2n) is 7.81. The van der Waals surface area contributed by atoms with Crippen molar-refractivity contribution in [3.63, 3.8) is 0 Å². The molecule has 150 valence electrons. The molecule has 2 aromatic carbocycles. The summed E-state index contributed by atoms with van der Waals surface area (Å²) in [6.45, 7) is 5.21. The monoisotopic (exact) mass is 392 g/mol. The predicted molar refractivity (Wildman–Crippen MR) is 110 cm³/mol. The first-order chi connectivity index (χ1) is 14.0. The Kier molecular flexibility index (Phi) is 5.45. The van der Waals surface area contributed by atoms with Crippen LogP contribution in [0.25, 0.3) is 0 Å². The zero-order valence-corrected chi connectivity index (χ0v) is 16.6. The highest BCUT2D eigenvalue weighted by Gasteiger charge is 2.45. The fraction of sp³-hybridized carbons (Fsp3) is 0.348. The zero-order valence-electron chi connectivity index (χ0n) is 16.6. The molecule has 4 rings (SSSR count). The van der Waals surface area contributed by atoms with E-state index in [9.17, 15) is 14.4 Å². The molecule has 1 atom stereocenters. The Bertz CT molecular complexity index is 903. The molecule has 2 amide bonds. The van der Waals surface area contributed by atoms with Crippen LogP contribution < -0.4 is 9.80 Å². The lowest BCUT2D eigenvalue weighted by atomic mass is 10.1. The van der Waals surface area contributed by atoms with Crippen molar-refractivity contribution in [3.8, 4) is 0 Å². The number of quaternary nitrogens is 1. The summed E-state index contributed by atoms with van der Waals surface area (Å²) in [5, 5.41) is 0. The summed E-state index contributed by atoms with van der Waals surface area (Å²) in [5.74, 6) is -0.0537. The number of benzene rings is 2. The van der Waals surface area contributed by atoms with Crippen LogP contribution >= 0.6 is 0 Å². The minimum absolute atomic E-state index is 0.0480. The molecule has 2 saturated heterocycles. The summed E-state index contributed by atoms with van der Waals surface area (Å²) in [7, 11) is 0. The third kappa shape index (κ3) is 4.07. The molecule has 0 aromatic heterocycles. The van der Waals surface area contributed by atoms with Crippen molar-refractivity contribution in [2.24, 2.45) is 0 Å². The third-order valence-electron chi connectivity index (χ3n) is 5.96. The lowest BCUT2D eigenvalue weighted by Gasteiger charge is -2.35. The van der Waals surface area contributed by atoms with Gasteiger partial charge in [-0.2, -0.15) is 0 Å². The molecule has 0 spiro atoms. The molecule has 2 aliphatic heterocycles. The van der Waals surface area contributed by atoms with Crippen LogP contribution in [0.15, 0.2) is 54.6 Å². The normalized spacial score (nSPS) is 20.4. The topological polar surface area (TPSA) is 62.1 Å². The Labute approximate surface area is 170 Å². The highest BCUT2D eigenvalue weighted by molar-refractivity contribution is 6.04. The van der Waals surface area contributed by atoms with Gasteiger partial charge in [-0.05, 0) is 36.8 Å². The van der Waals surface area contributed by atoms with Gasteiger partial charge < -0.3 is 9.80 Å². The lowest BCUT2D eigenvalue weighted by molar-refractivity contribution is -0.915. The van der Waals surface area contributed by atoms with E-state index in [1.807, 2.05) is 54.6 Å². The van der Waals surface area contributed by atoms with E-state index in [-0.39, 0.29) is 23.6 Å². The van der Waals surface area contributed by atoms with Crippen molar-refractivity contribution in [3.05, 3.63) is 65.7 Å². The number of piperazine rings is 1. The molecule has 2 aliphatic rings. The van der Waals surface area contributed by atoms with Crippen LogP contribution in [0.1, 0.15) is 29.3 Å². The van der Waals surface area contributed by atoms with E-state index in [1.54, 1.807) is 6.92 Å². The van der Waals surface area contributed by atoms with Gasteiger partial charge in [0.25, 0.3) is 5.91 Å². The summed E-state index contributed by atoms with van der Waals surface area (Å²) in [5.41, 5.74) is 2.78. The van der Waals surface area contributed by atoms with Gasteiger partial charge in [0.15, 0.2) is 11.8 Å². The standard InChI is InChI=1S/C23H25N3O3/c1-17(27)19-7-9-20(10-8-19)24-11-13-25(14-12-24)21-15-22(28)26(23(21)29)16-18-5-3-2-4-6-18/h2-10,21H,11-16H2,1H3/p+1/t21-/m1/s1. The number of nitrogens with one attached hydrogen (secondary N) is 1. The summed E-state index contributed by atoms with van der Waals surface area (Å²) < 4.78 is 0. The van der Waals surface area contributed by atoms with Gasteiger partial charge in [0.05, 0.1) is 39.1 Å². The molecule has 2 aromatic rings.